The standard InChI is InChI=1S/C26H37NO/c1-6-9-16-27(5)20-25-19-24(14-15-26(25)28-17-10-7-2)23-13-12-21(4)22(18-23)11-8-3/h8,11-15,18-19H,6-7,9-10,16-17,20H2,1-5H3/b11-8-. The molecule has 2 aromatic rings. The summed E-state index contributed by atoms with van der Waals surface area (Å²) in [6.07, 6.45) is 8.98. The summed E-state index contributed by atoms with van der Waals surface area (Å²) in [6.45, 7) is 11.5. The number of unbranched alkanes of at least 4 members (excludes halogenated alkanes) is 2. The lowest BCUT2D eigenvalue weighted by Crippen LogP contribution is -2.19. The smallest absolute Gasteiger partial charge is 0.123 e. The molecule has 0 aliphatic heterocycles. The Hall–Kier alpha value is -2.06. The second-order valence-corrected chi connectivity index (χ2v) is 7.69. The summed E-state index contributed by atoms with van der Waals surface area (Å²) in [5, 5.41) is 0. The minimum Gasteiger partial charge on any atom is -0.493 e. The van der Waals surface area contributed by atoms with Crippen molar-refractivity contribution >= 4 is 6.08 Å². The van der Waals surface area contributed by atoms with Crippen LogP contribution >= 0.6 is 0 Å². The molecule has 0 radical (unpaired) electrons. The zero-order valence-electron chi connectivity index (χ0n) is 18.4. The number of rotatable bonds is 11. The molecule has 2 heteroatoms. The monoisotopic (exact) mass is 379 g/mol. The zero-order valence-corrected chi connectivity index (χ0v) is 18.4. The molecule has 0 aliphatic rings. The first kappa shape index (κ1) is 22.2. The van der Waals surface area contributed by atoms with E-state index in [-0.39, 0.29) is 0 Å². The maximum Gasteiger partial charge on any atom is 0.123 e. The van der Waals surface area contributed by atoms with Crippen molar-refractivity contribution in [2.45, 2.75) is 59.9 Å². The Kier molecular flexibility index (Phi) is 9.30. The van der Waals surface area contributed by atoms with Gasteiger partial charge in [0.1, 0.15) is 5.75 Å². The lowest BCUT2D eigenvalue weighted by atomic mass is 9.97. The molecule has 28 heavy (non-hydrogen) atoms. The predicted molar refractivity (Wildman–Crippen MR) is 123 cm³/mol. The molecule has 0 saturated carbocycles. The van der Waals surface area contributed by atoms with Crippen LogP contribution in [0.15, 0.2) is 42.5 Å². The highest BCUT2D eigenvalue weighted by Gasteiger charge is 2.10. The van der Waals surface area contributed by atoms with E-state index in [2.05, 4.69) is 88.2 Å². The van der Waals surface area contributed by atoms with Crippen LogP contribution in [0.2, 0.25) is 0 Å². The van der Waals surface area contributed by atoms with Crippen LogP contribution in [0.3, 0.4) is 0 Å². The quantitative estimate of drug-likeness (QED) is 0.386. The minimum atomic E-state index is 0.789. The van der Waals surface area contributed by atoms with Crippen molar-refractivity contribution < 1.29 is 4.74 Å². The number of ether oxygens (including phenoxy) is 1. The minimum absolute atomic E-state index is 0.789. The van der Waals surface area contributed by atoms with Crippen LogP contribution in [0.25, 0.3) is 17.2 Å². The molecule has 152 valence electrons. The van der Waals surface area contributed by atoms with Gasteiger partial charge >= 0.3 is 0 Å². The molecule has 0 N–H and O–H groups in total. The van der Waals surface area contributed by atoms with Crippen LogP contribution in [-0.4, -0.2) is 25.1 Å². The Bertz CT molecular complexity index is 763. The number of hydrogen-bond donors (Lipinski definition) is 0. The number of aryl methyl sites for hydroxylation is 1. The zero-order chi connectivity index (χ0) is 20.4. The topological polar surface area (TPSA) is 12.5 Å². The molecular formula is C26H37NO. The first-order valence-electron chi connectivity index (χ1n) is 10.8. The van der Waals surface area contributed by atoms with E-state index in [1.807, 2.05) is 0 Å². The van der Waals surface area contributed by atoms with Gasteiger partial charge in [0.05, 0.1) is 6.61 Å². The average molecular weight is 380 g/mol. The van der Waals surface area contributed by atoms with Crippen LogP contribution < -0.4 is 4.74 Å². The van der Waals surface area contributed by atoms with Crippen molar-refractivity contribution in [3.63, 3.8) is 0 Å². The van der Waals surface area contributed by atoms with E-state index >= 15 is 0 Å². The maximum atomic E-state index is 6.12. The van der Waals surface area contributed by atoms with Crippen molar-refractivity contribution in [2.75, 3.05) is 20.2 Å². The molecule has 2 aromatic carbocycles. The van der Waals surface area contributed by atoms with E-state index in [4.69, 9.17) is 4.74 Å². The van der Waals surface area contributed by atoms with E-state index < -0.39 is 0 Å². The highest BCUT2D eigenvalue weighted by molar-refractivity contribution is 5.70. The fourth-order valence-corrected chi connectivity index (χ4v) is 3.33. The van der Waals surface area contributed by atoms with Crippen molar-refractivity contribution in [2.24, 2.45) is 0 Å². The molecular weight excluding hydrogens is 342 g/mol. The van der Waals surface area contributed by atoms with Gasteiger partial charge in [0.2, 0.25) is 0 Å². The largest absolute Gasteiger partial charge is 0.493 e. The van der Waals surface area contributed by atoms with Gasteiger partial charge in [-0.3, -0.25) is 0 Å². The molecule has 0 atom stereocenters. The Balaban J connectivity index is 2.32. The summed E-state index contributed by atoms with van der Waals surface area (Å²) >= 11 is 0. The second kappa shape index (κ2) is 11.7. The van der Waals surface area contributed by atoms with Crippen LogP contribution in [0.1, 0.15) is 63.1 Å². The number of benzene rings is 2. The Morgan fingerprint density at radius 3 is 2.39 bits per heavy atom. The number of allylic oxidation sites excluding steroid dienone is 1. The third-order valence-electron chi connectivity index (χ3n) is 5.11. The van der Waals surface area contributed by atoms with E-state index in [0.717, 1.165) is 38.3 Å². The van der Waals surface area contributed by atoms with Crippen molar-refractivity contribution in [1.29, 1.82) is 0 Å². The van der Waals surface area contributed by atoms with Gasteiger partial charge in [0, 0.05) is 12.1 Å². The maximum absolute atomic E-state index is 6.12. The summed E-state index contributed by atoms with van der Waals surface area (Å²) in [4.78, 5) is 2.40. The van der Waals surface area contributed by atoms with Gasteiger partial charge < -0.3 is 9.64 Å². The summed E-state index contributed by atoms with van der Waals surface area (Å²) in [5.74, 6) is 1.03. The van der Waals surface area contributed by atoms with Crippen LogP contribution in [-0.2, 0) is 6.54 Å². The van der Waals surface area contributed by atoms with Crippen molar-refractivity contribution in [3.05, 3.63) is 59.2 Å². The van der Waals surface area contributed by atoms with Crippen molar-refractivity contribution in [3.8, 4) is 16.9 Å². The molecule has 0 aliphatic carbocycles. The average Bonchev–Trinajstić information content (AvgIpc) is 2.69. The molecule has 2 rings (SSSR count). The predicted octanol–water partition coefficient (Wildman–Crippen LogP) is 7.11. The van der Waals surface area contributed by atoms with Crippen LogP contribution in [0.4, 0.5) is 0 Å². The third-order valence-corrected chi connectivity index (χ3v) is 5.11. The van der Waals surface area contributed by atoms with Gasteiger partial charge in [-0.2, -0.15) is 0 Å². The Morgan fingerprint density at radius 2 is 1.68 bits per heavy atom. The number of nitrogens with zero attached hydrogens (tertiary/aromatic N) is 1. The summed E-state index contributed by atoms with van der Waals surface area (Å²) in [6, 6.07) is 13.4. The molecule has 0 spiro atoms. The molecule has 0 fully saturated rings. The van der Waals surface area contributed by atoms with E-state index in [9.17, 15) is 0 Å². The van der Waals surface area contributed by atoms with Gasteiger partial charge in [-0.05, 0) is 80.7 Å². The summed E-state index contributed by atoms with van der Waals surface area (Å²) in [7, 11) is 2.20. The summed E-state index contributed by atoms with van der Waals surface area (Å²) < 4.78 is 6.12. The molecule has 0 aromatic heterocycles. The number of hydrogen-bond acceptors (Lipinski definition) is 2. The highest BCUT2D eigenvalue weighted by Crippen LogP contribution is 2.29. The van der Waals surface area contributed by atoms with Gasteiger partial charge in [0.25, 0.3) is 0 Å². The molecule has 0 unspecified atom stereocenters. The first-order chi connectivity index (χ1) is 13.6. The lowest BCUT2D eigenvalue weighted by Gasteiger charge is -2.20. The van der Waals surface area contributed by atoms with E-state index in [1.54, 1.807) is 0 Å². The first-order valence-corrected chi connectivity index (χ1v) is 10.8. The Labute approximate surface area is 172 Å². The molecule has 2 nitrogen and oxygen atoms in total. The molecule has 0 saturated heterocycles. The van der Waals surface area contributed by atoms with Crippen molar-refractivity contribution in [1.82, 2.24) is 4.90 Å². The van der Waals surface area contributed by atoms with Gasteiger partial charge in [-0.1, -0.05) is 57.0 Å². The normalized spacial score (nSPS) is 11.5. The SMILES string of the molecule is C/C=C\c1cc(-c2ccc(OCCCC)c(CN(C)CCCC)c2)ccc1C. The van der Waals surface area contributed by atoms with Gasteiger partial charge in [0.15, 0.2) is 0 Å². The molecule has 0 heterocycles. The van der Waals surface area contributed by atoms with E-state index in [1.165, 1.54) is 40.7 Å². The second-order valence-electron chi connectivity index (χ2n) is 7.69. The third kappa shape index (κ3) is 6.53. The van der Waals surface area contributed by atoms with Crippen LogP contribution in [0, 0.1) is 6.92 Å². The molecule has 0 amide bonds. The van der Waals surface area contributed by atoms with Gasteiger partial charge in [-0.15, -0.1) is 0 Å². The molecule has 0 bridgehead atoms. The highest BCUT2D eigenvalue weighted by atomic mass is 16.5. The Morgan fingerprint density at radius 1 is 0.964 bits per heavy atom. The lowest BCUT2D eigenvalue weighted by molar-refractivity contribution is 0.286. The van der Waals surface area contributed by atoms with Crippen LogP contribution in [0.5, 0.6) is 5.75 Å². The fourth-order valence-electron chi connectivity index (χ4n) is 3.33. The van der Waals surface area contributed by atoms with Gasteiger partial charge in [-0.25, -0.2) is 0 Å². The van der Waals surface area contributed by atoms with E-state index in [0.29, 0.717) is 0 Å². The fraction of sp³-hybridized carbons (Fsp3) is 0.462. The summed E-state index contributed by atoms with van der Waals surface area (Å²) in [5.41, 5.74) is 6.38.